The highest BCUT2D eigenvalue weighted by atomic mass is 35.5. The number of nitrogens with zero attached hydrogens (tertiary/aromatic N) is 1. The van der Waals surface area contributed by atoms with E-state index in [-0.39, 0.29) is 36.8 Å². The minimum absolute atomic E-state index is 0. The van der Waals surface area contributed by atoms with Gasteiger partial charge in [0.1, 0.15) is 0 Å². The van der Waals surface area contributed by atoms with Gasteiger partial charge in [0.2, 0.25) is 0 Å². The molecule has 1 saturated heterocycles. The van der Waals surface area contributed by atoms with E-state index < -0.39 is 0 Å². The third-order valence-electron chi connectivity index (χ3n) is 2.77. The summed E-state index contributed by atoms with van der Waals surface area (Å²) in [4.78, 5) is 15.9. The van der Waals surface area contributed by atoms with Crippen LogP contribution in [0.3, 0.4) is 0 Å². The molecule has 1 atom stereocenters. The van der Waals surface area contributed by atoms with E-state index in [0.29, 0.717) is 5.56 Å². The number of halogens is 2. The first kappa shape index (κ1) is 17.2. The quantitative estimate of drug-likeness (QED) is 0.872. The number of carbonyl (C=O) groups is 1. The lowest BCUT2D eigenvalue weighted by Crippen LogP contribution is -2.45. The monoisotopic (exact) mass is 291 g/mol. The van der Waals surface area contributed by atoms with E-state index in [1.165, 1.54) is 0 Å². The molecule has 1 aromatic rings. The fourth-order valence-corrected chi connectivity index (χ4v) is 1.92. The van der Waals surface area contributed by atoms with Crippen molar-refractivity contribution in [3.05, 3.63) is 29.6 Å². The van der Waals surface area contributed by atoms with Gasteiger partial charge in [-0.3, -0.25) is 9.78 Å². The molecule has 0 radical (unpaired) electrons. The van der Waals surface area contributed by atoms with Gasteiger partial charge in [-0.15, -0.1) is 24.8 Å². The minimum Gasteiger partial charge on any atom is -0.348 e. The fraction of sp³-hybridized carbons (Fsp3) is 0.500. The van der Waals surface area contributed by atoms with Crippen molar-refractivity contribution >= 4 is 30.7 Å². The molecule has 4 nitrogen and oxygen atoms in total. The van der Waals surface area contributed by atoms with Crippen molar-refractivity contribution in [1.82, 2.24) is 15.6 Å². The number of hydrogen-bond acceptors (Lipinski definition) is 3. The summed E-state index contributed by atoms with van der Waals surface area (Å²) in [6.07, 6.45) is 5.53. The van der Waals surface area contributed by atoms with Crippen LogP contribution in [0.15, 0.2) is 18.5 Å². The lowest BCUT2D eigenvalue weighted by atomic mass is 10.1. The second kappa shape index (κ2) is 8.29. The molecule has 0 bridgehead atoms. The SMILES string of the molecule is Cc1cncc(C(=O)N[C@@H]2CCCNC2)c1.Cl.Cl. The van der Waals surface area contributed by atoms with E-state index in [2.05, 4.69) is 15.6 Å². The number of aromatic nitrogens is 1. The highest BCUT2D eigenvalue weighted by Gasteiger charge is 2.16. The summed E-state index contributed by atoms with van der Waals surface area (Å²) < 4.78 is 0. The van der Waals surface area contributed by atoms with Gasteiger partial charge in [0.05, 0.1) is 5.56 Å². The van der Waals surface area contributed by atoms with Crippen LogP contribution in [-0.4, -0.2) is 30.0 Å². The number of piperidine rings is 1. The highest BCUT2D eigenvalue weighted by Crippen LogP contribution is 2.05. The Morgan fingerprint density at radius 2 is 2.22 bits per heavy atom. The van der Waals surface area contributed by atoms with E-state index in [1.54, 1.807) is 12.4 Å². The summed E-state index contributed by atoms with van der Waals surface area (Å²) in [5.41, 5.74) is 1.65. The Kier molecular flexibility index (Phi) is 7.91. The van der Waals surface area contributed by atoms with Crippen LogP contribution in [0, 0.1) is 6.92 Å². The van der Waals surface area contributed by atoms with Crippen LogP contribution >= 0.6 is 24.8 Å². The molecule has 2 heterocycles. The Labute approximate surface area is 120 Å². The van der Waals surface area contributed by atoms with E-state index in [1.807, 2.05) is 13.0 Å². The molecule has 1 aliphatic rings. The zero-order valence-corrected chi connectivity index (χ0v) is 11.9. The molecule has 102 valence electrons. The molecule has 0 spiro atoms. The lowest BCUT2D eigenvalue weighted by molar-refractivity contribution is 0.0930. The number of pyridine rings is 1. The molecule has 2 N–H and O–H groups in total. The molecule has 1 fully saturated rings. The van der Waals surface area contributed by atoms with Crippen molar-refractivity contribution in [2.24, 2.45) is 0 Å². The van der Waals surface area contributed by atoms with Gasteiger partial charge in [-0.2, -0.15) is 0 Å². The van der Waals surface area contributed by atoms with Crippen LogP contribution in [0.5, 0.6) is 0 Å². The summed E-state index contributed by atoms with van der Waals surface area (Å²) in [7, 11) is 0. The molecule has 6 heteroatoms. The zero-order valence-electron chi connectivity index (χ0n) is 10.3. The molecular weight excluding hydrogens is 273 g/mol. The van der Waals surface area contributed by atoms with Crippen LogP contribution in [0.4, 0.5) is 0 Å². The van der Waals surface area contributed by atoms with Crippen molar-refractivity contribution in [2.45, 2.75) is 25.8 Å². The fourth-order valence-electron chi connectivity index (χ4n) is 1.92. The van der Waals surface area contributed by atoms with Crippen molar-refractivity contribution in [3.63, 3.8) is 0 Å². The second-order valence-corrected chi connectivity index (χ2v) is 4.27. The number of rotatable bonds is 2. The molecule has 0 unspecified atom stereocenters. The number of aryl methyl sites for hydroxylation is 1. The molecule has 1 aromatic heterocycles. The maximum atomic E-state index is 11.9. The summed E-state index contributed by atoms with van der Waals surface area (Å²) in [6.45, 7) is 3.86. The molecule has 0 aromatic carbocycles. The van der Waals surface area contributed by atoms with Gasteiger partial charge in [-0.1, -0.05) is 0 Å². The van der Waals surface area contributed by atoms with Gasteiger partial charge in [0.15, 0.2) is 0 Å². The van der Waals surface area contributed by atoms with Crippen LogP contribution in [0.25, 0.3) is 0 Å². The summed E-state index contributed by atoms with van der Waals surface area (Å²) in [5.74, 6) is -0.0232. The predicted molar refractivity (Wildman–Crippen MR) is 76.8 cm³/mol. The summed E-state index contributed by atoms with van der Waals surface area (Å²) >= 11 is 0. The number of hydrogen-bond donors (Lipinski definition) is 2. The third-order valence-corrected chi connectivity index (χ3v) is 2.77. The van der Waals surface area contributed by atoms with Gasteiger partial charge in [-0.05, 0) is 37.9 Å². The van der Waals surface area contributed by atoms with Crippen molar-refractivity contribution < 1.29 is 4.79 Å². The normalized spacial score (nSPS) is 18.2. The highest BCUT2D eigenvalue weighted by molar-refractivity contribution is 5.94. The zero-order chi connectivity index (χ0) is 11.4. The number of nitrogens with one attached hydrogen (secondary N) is 2. The smallest absolute Gasteiger partial charge is 0.253 e. The second-order valence-electron chi connectivity index (χ2n) is 4.27. The molecule has 1 aliphatic heterocycles. The third kappa shape index (κ3) is 4.80. The first-order chi connectivity index (χ1) is 7.75. The average molecular weight is 292 g/mol. The van der Waals surface area contributed by atoms with E-state index >= 15 is 0 Å². The van der Waals surface area contributed by atoms with Gasteiger partial charge in [0, 0.05) is 25.0 Å². The molecule has 0 saturated carbocycles. The van der Waals surface area contributed by atoms with E-state index in [4.69, 9.17) is 0 Å². The molecule has 2 rings (SSSR count). The van der Waals surface area contributed by atoms with Crippen molar-refractivity contribution in [2.75, 3.05) is 13.1 Å². The number of carbonyl (C=O) groups excluding carboxylic acids is 1. The van der Waals surface area contributed by atoms with Crippen LogP contribution in [-0.2, 0) is 0 Å². The van der Waals surface area contributed by atoms with Crippen molar-refractivity contribution in [1.29, 1.82) is 0 Å². The molecular formula is C12H19Cl2N3O. The molecule has 0 aliphatic carbocycles. The number of amides is 1. The predicted octanol–water partition coefficient (Wildman–Crippen LogP) is 1.72. The summed E-state index contributed by atoms with van der Waals surface area (Å²) in [5, 5.41) is 6.29. The van der Waals surface area contributed by atoms with Crippen LogP contribution < -0.4 is 10.6 Å². The Hall–Kier alpha value is -0.840. The standard InChI is InChI=1S/C12H17N3O.2ClH/c1-9-5-10(7-14-6-9)12(16)15-11-3-2-4-13-8-11;;/h5-7,11,13H,2-4,8H2,1H3,(H,15,16);2*1H/t11-;;/m1../s1. The lowest BCUT2D eigenvalue weighted by Gasteiger charge is -2.23. The van der Waals surface area contributed by atoms with Gasteiger partial charge < -0.3 is 10.6 Å². The van der Waals surface area contributed by atoms with Crippen LogP contribution in [0.2, 0.25) is 0 Å². The Morgan fingerprint density at radius 3 is 2.83 bits per heavy atom. The van der Waals surface area contributed by atoms with Crippen LogP contribution in [0.1, 0.15) is 28.8 Å². The topological polar surface area (TPSA) is 54.0 Å². The maximum absolute atomic E-state index is 11.9. The van der Waals surface area contributed by atoms with E-state index in [9.17, 15) is 4.79 Å². The summed E-state index contributed by atoms with van der Waals surface area (Å²) in [6, 6.07) is 2.11. The maximum Gasteiger partial charge on any atom is 0.253 e. The molecule has 1 amide bonds. The van der Waals surface area contributed by atoms with Gasteiger partial charge in [-0.25, -0.2) is 0 Å². The van der Waals surface area contributed by atoms with Gasteiger partial charge >= 0.3 is 0 Å². The molecule has 18 heavy (non-hydrogen) atoms. The first-order valence-corrected chi connectivity index (χ1v) is 5.69. The Balaban J connectivity index is 0.00000144. The minimum atomic E-state index is -0.0232. The average Bonchev–Trinajstić information content (AvgIpc) is 2.30. The largest absolute Gasteiger partial charge is 0.348 e. The van der Waals surface area contributed by atoms with E-state index in [0.717, 1.165) is 31.5 Å². The first-order valence-electron chi connectivity index (χ1n) is 5.69. The Morgan fingerprint density at radius 1 is 1.44 bits per heavy atom. The Bertz CT molecular complexity index is 381. The van der Waals surface area contributed by atoms with Crippen molar-refractivity contribution in [3.8, 4) is 0 Å². The van der Waals surface area contributed by atoms with Gasteiger partial charge in [0.25, 0.3) is 5.91 Å².